The van der Waals surface area contributed by atoms with Crippen LogP contribution in [-0.2, 0) is 0 Å². The first-order valence-corrected chi connectivity index (χ1v) is 5.66. The van der Waals surface area contributed by atoms with Crippen molar-refractivity contribution in [1.29, 1.82) is 0 Å². The van der Waals surface area contributed by atoms with Gasteiger partial charge in [0.1, 0.15) is 24.4 Å². The van der Waals surface area contributed by atoms with E-state index in [9.17, 15) is 30.6 Å². The molecule has 0 fully saturated rings. The molecule has 0 amide bonds. The number of hydrogen-bond acceptors (Lipinski definition) is 8. The number of rotatable bonds is 9. The van der Waals surface area contributed by atoms with Gasteiger partial charge in [0.25, 0.3) is 0 Å². The lowest BCUT2D eigenvalue weighted by Crippen LogP contribution is -2.52. The average molecular weight is 270 g/mol. The molecule has 8 N–H and O–H groups in total. The molecule has 0 saturated heterocycles. The van der Waals surface area contributed by atoms with Crippen LogP contribution in [0.3, 0.4) is 0 Å². The van der Waals surface area contributed by atoms with Crippen LogP contribution >= 0.6 is 0 Å². The molecule has 0 aromatic rings. The van der Waals surface area contributed by atoms with Crippen LogP contribution in [0.4, 0.5) is 0 Å². The second-order valence-corrected chi connectivity index (χ2v) is 4.12. The molecule has 8 heteroatoms. The van der Waals surface area contributed by atoms with E-state index in [1.54, 1.807) is 0 Å². The highest BCUT2D eigenvalue weighted by Gasteiger charge is 2.36. The second-order valence-electron chi connectivity index (χ2n) is 4.12. The van der Waals surface area contributed by atoms with Crippen molar-refractivity contribution < 1.29 is 40.9 Å². The van der Waals surface area contributed by atoms with E-state index in [-0.39, 0.29) is 12.8 Å². The van der Waals surface area contributed by atoms with Crippen molar-refractivity contribution in [1.82, 2.24) is 0 Å². The van der Waals surface area contributed by atoms with E-state index < -0.39 is 49.8 Å². The van der Waals surface area contributed by atoms with Gasteiger partial charge in [0.2, 0.25) is 0 Å². The minimum Gasteiger partial charge on any atom is -0.396 e. The van der Waals surface area contributed by atoms with Crippen molar-refractivity contribution in [3.05, 3.63) is 0 Å². The standard InChI is InChI=1S/C10H22O8/c11-3-1-5(13)7(15)9(17)10(18)8(16)6(14)2-4-12/h5-18H,1-4H2/t5?,6?,7-,8-,9-,10-/m1/s1. The molecule has 6 atom stereocenters. The SMILES string of the molecule is OCCC(O)[C@@H](O)[C@@H](O)[C@H](O)[C@H](O)C(O)CCO. The number of aliphatic hydroxyl groups is 8. The van der Waals surface area contributed by atoms with Crippen molar-refractivity contribution in [2.24, 2.45) is 0 Å². The fourth-order valence-corrected chi connectivity index (χ4v) is 1.47. The van der Waals surface area contributed by atoms with Crippen LogP contribution in [0.25, 0.3) is 0 Å². The highest BCUT2D eigenvalue weighted by Crippen LogP contribution is 2.13. The van der Waals surface area contributed by atoms with E-state index in [1.165, 1.54) is 0 Å². The van der Waals surface area contributed by atoms with Gasteiger partial charge in [-0.1, -0.05) is 0 Å². The summed E-state index contributed by atoms with van der Waals surface area (Å²) in [6, 6.07) is 0. The largest absolute Gasteiger partial charge is 0.396 e. The first kappa shape index (κ1) is 17.7. The van der Waals surface area contributed by atoms with E-state index in [0.717, 1.165) is 0 Å². The van der Waals surface area contributed by atoms with E-state index in [0.29, 0.717) is 0 Å². The summed E-state index contributed by atoms with van der Waals surface area (Å²) in [7, 11) is 0. The summed E-state index contributed by atoms with van der Waals surface area (Å²) in [4.78, 5) is 0. The summed E-state index contributed by atoms with van der Waals surface area (Å²) in [5.41, 5.74) is 0. The molecule has 18 heavy (non-hydrogen) atoms. The predicted octanol–water partition coefficient (Wildman–Crippen LogP) is -4.08. The van der Waals surface area contributed by atoms with Crippen LogP contribution in [0, 0.1) is 0 Å². The Balaban J connectivity index is 4.42. The van der Waals surface area contributed by atoms with Crippen molar-refractivity contribution in [3.63, 3.8) is 0 Å². The fourth-order valence-electron chi connectivity index (χ4n) is 1.47. The van der Waals surface area contributed by atoms with Crippen LogP contribution in [0.5, 0.6) is 0 Å². The molecule has 0 aliphatic carbocycles. The van der Waals surface area contributed by atoms with Crippen LogP contribution in [0.1, 0.15) is 12.8 Å². The molecule has 0 aliphatic heterocycles. The Morgan fingerprint density at radius 3 is 1.00 bits per heavy atom. The molecule has 0 heterocycles. The Morgan fingerprint density at radius 2 is 0.778 bits per heavy atom. The predicted molar refractivity (Wildman–Crippen MR) is 59.4 cm³/mol. The highest BCUT2D eigenvalue weighted by atomic mass is 16.4. The summed E-state index contributed by atoms with van der Waals surface area (Å²) in [6.07, 6.45) is -10.7. The Morgan fingerprint density at radius 1 is 0.500 bits per heavy atom. The summed E-state index contributed by atoms with van der Waals surface area (Å²) < 4.78 is 0. The highest BCUT2D eigenvalue weighted by molar-refractivity contribution is 4.87. The lowest BCUT2D eigenvalue weighted by Gasteiger charge is -2.30. The first-order valence-electron chi connectivity index (χ1n) is 5.66. The van der Waals surface area contributed by atoms with Crippen molar-refractivity contribution >= 4 is 0 Å². The third kappa shape index (κ3) is 5.12. The molecule has 0 radical (unpaired) electrons. The number of hydrogen-bond donors (Lipinski definition) is 8. The smallest absolute Gasteiger partial charge is 0.111 e. The third-order valence-corrected chi connectivity index (χ3v) is 2.69. The molecule has 8 nitrogen and oxygen atoms in total. The first-order chi connectivity index (χ1) is 8.36. The van der Waals surface area contributed by atoms with Crippen molar-refractivity contribution in [2.75, 3.05) is 13.2 Å². The molecule has 0 saturated carbocycles. The van der Waals surface area contributed by atoms with E-state index in [2.05, 4.69) is 0 Å². The van der Waals surface area contributed by atoms with Gasteiger partial charge in [-0.15, -0.1) is 0 Å². The van der Waals surface area contributed by atoms with Crippen molar-refractivity contribution in [2.45, 2.75) is 49.5 Å². The molecule has 0 aliphatic rings. The van der Waals surface area contributed by atoms with E-state index in [1.807, 2.05) is 0 Å². The van der Waals surface area contributed by atoms with E-state index >= 15 is 0 Å². The molecule has 0 bridgehead atoms. The monoisotopic (exact) mass is 270 g/mol. The van der Waals surface area contributed by atoms with Crippen molar-refractivity contribution in [3.8, 4) is 0 Å². The van der Waals surface area contributed by atoms with Gasteiger partial charge in [0.05, 0.1) is 12.2 Å². The minimum atomic E-state index is -1.89. The Hall–Kier alpha value is -0.320. The summed E-state index contributed by atoms with van der Waals surface area (Å²) in [5.74, 6) is 0. The molecule has 0 aromatic heterocycles. The Kier molecular flexibility index (Phi) is 8.57. The van der Waals surface area contributed by atoms with Crippen LogP contribution in [-0.4, -0.2) is 90.7 Å². The van der Waals surface area contributed by atoms with Gasteiger partial charge in [-0.25, -0.2) is 0 Å². The zero-order chi connectivity index (χ0) is 14.3. The Bertz CT molecular complexity index is 192. The fraction of sp³-hybridized carbons (Fsp3) is 1.00. The van der Waals surface area contributed by atoms with Crippen LogP contribution in [0.2, 0.25) is 0 Å². The van der Waals surface area contributed by atoms with Gasteiger partial charge >= 0.3 is 0 Å². The lowest BCUT2D eigenvalue weighted by molar-refractivity contribution is -0.156. The maximum Gasteiger partial charge on any atom is 0.111 e. The van der Waals surface area contributed by atoms with Gasteiger partial charge < -0.3 is 40.9 Å². The van der Waals surface area contributed by atoms with Gasteiger partial charge in [-0.3, -0.25) is 0 Å². The second kappa shape index (κ2) is 8.73. The molecule has 2 unspecified atom stereocenters. The van der Waals surface area contributed by atoms with Gasteiger partial charge in [-0.05, 0) is 12.8 Å². The molecular weight excluding hydrogens is 248 g/mol. The Labute approximate surface area is 104 Å². The molecule has 0 spiro atoms. The minimum absolute atomic E-state index is 0.208. The van der Waals surface area contributed by atoms with Gasteiger partial charge in [0, 0.05) is 13.2 Å². The quantitative estimate of drug-likeness (QED) is 0.210. The summed E-state index contributed by atoms with van der Waals surface area (Å²) in [5, 5.41) is 73.5. The lowest BCUT2D eigenvalue weighted by atomic mass is 9.94. The number of aliphatic hydroxyl groups excluding tert-OH is 8. The summed E-state index contributed by atoms with van der Waals surface area (Å²) in [6.45, 7) is -0.840. The zero-order valence-electron chi connectivity index (χ0n) is 9.87. The third-order valence-electron chi connectivity index (χ3n) is 2.69. The molecular formula is C10H22O8. The van der Waals surface area contributed by atoms with Gasteiger partial charge in [0.15, 0.2) is 0 Å². The normalized spacial score (nSPS) is 22.0. The topological polar surface area (TPSA) is 162 Å². The molecule has 0 aromatic carbocycles. The zero-order valence-corrected chi connectivity index (χ0v) is 9.87. The molecule has 0 rings (SSSR count). The molecule has 110 valence electrons. The average Bonchev–Trinajstić information content (AvgIpc) is 2.35. The maximum atomic E-state index is 9.50. The van der Waals surface area contributed by atoms with Crippen LogP contribution in [0.15, 0.2) is 0 Å². The van der Waals surface area contributed by atoms with Gasteiger partial charge in [-0.2, -0.15) is 0 Å². The summed E-state index contributed by atoms with van der Waals surface area (Å²) >= 11 is 0. The maximum absolute atomic E-state index is 9.50. The van der Waals surface area contributed by atoms with Crippen LogP contribution < -0.4 is 0 Å². The van der Waals surface area contributed by atoms with E-state index in [4.69, 9.17) is 10.2 Å².